The average Bonchev–Trinajstić information content (AvgIpc) is 3.12. The smallest absolute Gasteiger partial charge is 0.411 e. The van der Waals surface area contributed by atoms with Gasteiger partial charge in [0.05, 0.1) is 6.61 Å². The van der Waals surface area contributed by atoms with E-state index in [4.69, 9.17) is 9.47 Å². The topological polar surface area (TPSA) is 55.8 Å². The molecule has 0 unspecified atom stereocenters. The van der Waals surface area contributed by atoms with E-state index in [0.29, 0.717) is 12.5 Å². The first-order chi connectivity index (χ1) is 12.3. The summed E-state index contributed by atoms with van der Waals surface area (Å²) < 4.78 is 11.1. The number of carbonyl (C=O) groups excluding carboxylic acids is 2. The maximum absolute atomic E-state index is 12.7. The van der Waals surface area contributed by atoms with Gasteiger partial charge in [-0.1, -0.05) is 45.4 Å². The minimum Gasteiger partial charge on any atom is -0.464 e. The van der Waals surface area contributed by atoms with Crippen molar-refractivity contribution in [2.75, 3.05) is 6.61 Å². The van der Waals surface area contributed by atoms with Crippen LogP contribution in [0.2, 0.25) is 0 Å². The monoisotopic (exact) mass is 367 g/mol. The number of esters is 1. The molecule has 3 atom stereocenters. The number of amides is 1. The molecule has 0 N–H and O–H groups in total. The second-order valence-corrected chi connectivity index (χ2v) is 8.83. The molecule has 0 aromatic heterocycles. The molecule has 1 saturated carbocycles. The fourth-order valence-corrected chi connectivity index (χ4v) is 4.23. The van der Waals surface area contributed by atoms with Gasteiger partial charge in [0.25, 0.3) is 0 Å². The first-order valence-corrected chi connectivity index (χ1v) is 10.5. The molecule has 0 spiro atoms. The summed E-state index contributed by atoms with van der Waals surface area (Å²) in [5, 5.41) is 0. The third kappa shape index (κ3) is 5.88. The third-order valence-electron chi connectivity index (χ3n) is 5.46. The molecule has 2 rings (SSSR count). The van der Waals surface area contributed by atoms with Crippen molar-refractivity contribution < 1.29 is 19.1 Å². The van der Waals surface area contributed by atoms with E-state index in [1.807, 2.05) is 20.8 Å². The first-order valence-electron chi connectivity index (χ1n) is 10.5. The van der Waals surface area contributed by atoms with Crippen LogP contribution in [0.4, 0.5) is 4.79 Å². The number of unbranched alkanes of at least 4 members (excludes halogenated alkanes) is 5. The molecule has 150 valence electrons. The van der Waals surface area contributed by atoms with Gasteiger partial charge in [0.15, 0.2) is 0 Å². The fraction of sp³-hybridized carbons (Fsp3) is 0.905. The highest BCUT2D eigenvalue weighted by Gasteiger charge is 2.50. The largest absolute Gasteiger partial charge is 0.464 e. The number of hydrogen-bond acceptors (Lipinski definition) is 4. The van der Waals surface area contributed by atoms with Gasteiger partial charge >= 0.3 is 12.1 Å². The van der Waals surface area contributed by atoms with Crippen molar-refractivity contribution in [1.29, 1.82) is 0 Å². The van der Waals surface area contributed by atoms with Crippen molar-refractivity contribution >= 4 is 12.1 Å². The normalized spacial score (nSPS) is 25.2. The summed E-state index contributed by atoms with van der Waals surface area (Å²) in [5.41, 5.74) is -0.555. The molecule has 1 saturated heterocycles. The Morgan fingerprint density at radius 3 is 2.42 bits per heavy atom. The Kier molecular flexibility index (Phi) is 7.78. The molecule has 26 heavy (non-hydrogen) atoms. The maximum atomic E-state index is 12.7. The fourth-order valence-electron chi connectivity index (χ4n) is 4.23. The van der Waals surface area contributed by atoms with Crippen LogP contribution in [0.25, 0.3) is 0 Å². The zero-order chi connectivity index (χ0) is 19.2. The van der Waals surface area contributed by atoms with Crippen molar-refractivity contribution in [3.05, 3.63) is 0 Å². The molecular weight excluding hydrogens is 330 g/mol. The number of rotatable bonds is 8. The lowest BCUT2D eigenvalue weighted by Gasteiger charge is -2.31. The number of carbonyl (C=O) groups is 2. The molecule has 0 radical (unpaired) electrons. The standard InChI is InChI=1S/C21H37NO4/c1-5-6-7-8-9-10-14-25-19(23)18-15-16-12-11-13-17(16)22(18)20(24)26-21(2,3)4/h16-18H,5-15H2,1-4H3/t16-,17-,18-/m0/s1. The van der Waals surface area contributed by atoms with E-state index in [9.17, 15) is 9.59 Å². The third-order valence-corrected chi connectivity index (χ3v) is 5.46. The molecule has 1 heterocycles. The van der Waals surface area contributed by atoms with Gasteiger partial charge in [-0.15, -0.1) is 0 Å². The second-order valence-electron chi connectivity index (χ2n) is 8.83. The van der Waals surface area contributed by atoms with Gasteiger partial charge < -0.3 is 9.47 Å². The Bertz CT molecular complexity index is 471. The SMILES string of the molecule is CCCCCCCCOC(=O)[C@@H]1C[C@@H]2CCC[C@@H]2N1C(=O)OC(C)(C)C. The van der Waals surface area contributed by atoms with Gasteiger partial charge in [-0.05, 0) is 52.4 Å². The zero-order valence-electron chi connectivity index (χ0n) is 17.1. The first kappa shape index (κ1) is 21.0. The summed E-state index contributed by atoms with van der Waals surface area (Å²) in [6.07, 6.45) is 10.5. The van der Waals surface area contributed by atoms with Crippen LogP contribution in [0.3, 0.4) is 0 Å². The lowest BCUT2D eigenvalue weighted by Crippen LogP contribution is -2.47. The van der Waals surface area contributed by atoms with E-state index >= 15 is 0 Å². The zero-order valence-corrected chi connectivity index (χ0v) is 17.1. The van der Waals surface area contributed by atoms with E-state index < -0.39 is 11.6 Å². The average molecular weight is 368 g/mol. The summed E-state index contributed by atoms with van der Waals surface area (Å²) in [6.45, 7) is 8.24. The molecule has 2 aliphatic rings. The predicted molar refractivity (Wildman–Crippen MR) is 102 cm³/mol. The lowest BCUT2D eigenvalue weighted by molar-refractivity contribution is -0.149. The number of fused-ring (bicyclic) bond motifs is 1. The van der Waals surface area contributed by atoms with Gasteiger partial charge in [-0.3, -0.25) is 4.90 Å². The summed E-state index contributed by atoms with van der Waals surface area (Å²) in [6, 6.07) is -0.336. The van der Waals surface area contributed by atoms with Crippen molar-refractivity contribution in [2.45, 2.75) is 110 Å². The van der Waals surface area contributed by atoms with Gasteiger partial charge in [0.2, 0.25) is 0 Å². The van der Waals surface area contributed by atoms with Crippen LogP contribution in [0, 0.1) is 5.92 Å². The predicted octanol–water partition coefficient (Wildman–Crippen LogP) is 5.07. The highest BCUT2D eigenvalue weighted by molar-refractivity contribution is 5.82. The summed E-state index contributed by atoms with van der Waals surface area (Å²) in [5.74, 6) is 0.160. The van der Waals surface area contributed by atoms with Crippen molar-refractivity contribution in [3.8, 4) is 0 Å². The number of nitrogens with zero attached hydrogens (tertiary/aromatic N) is 1. The van der Waals surface area contributed by atoms with Crippen molar-refractivity contribution in [2.24, 2.45) is 5.92 Å². The molecule has 0 bridgehead atoms. The van der Waals surface area contributed by atoms with Crippen LogP contribution in [-0.4, -0.2) is 41.3 Å². The minimum absolute atomic E-state index is 0.136. The Balaban J connectivity index is 1.85. The van der Waals surface area contributed by atoms with Crippen molar-refractivity contribution in [1.82, 2.24) is 4.90 Å². The molecule has 1 amide bonds. The molecule has 5 nitrogen and oxygen atoms in total. The van der Waals surface area contributed by atoms with Gasteiger partial charge in [-0.25, -0.2) is 9.59 Å². The Morgan fingerprint density at radius 2 is 1.73 bits per heavy atom. The van der Waals surface area contributed by atoms with E-state index in [2.05, 4.69) is 6.92 Å². The summed E-state index contributed by atoms with van der Waals surface area (Å²) in [4.78, 5) is 27.0. The Morgan fingerprint density at radius 1 is 1.04 bits per heavy atom. The van der Waals surface area contributed by atoms with E-state index in [1.54, 1.807) is 4.90 Å². The molecular formula is C21H37NO4. The summed E-state index contributed by atoms with van der Waals surface area (Å²) in [7, 11) is 0. The van der Waals surface area contributed by atoms with Crippen LogP contribution in [0.1, 0.15) is 91.9 Å². The van der Waals surface area contributed by atoms with E-state index in [-0.39, 0.29) is 18.1 Å². The molecule has 0 aromatic carbocycles. The van der Waals surface area contributed by atoms with Gasteiger partial charge in [0.1, 0.15) is 11.6 Å². The lowest BCUT2D eigenvalue weighted by atomic mass is 10.0. The number of likely N-dealkylation sites (tertiary alicyclic amines) is 1. The molecule has 5 heteroatoms. The second kappa shape index (κ2) is 9.61. The van der Waals surface area contributed by atoms with Gasteiger partial charge in [0, 0.05) is 6.04 Å². The van der Waals surface area contributed by atoms with Crippen LogP contribution in [-0.2, 0) is 14.3 Å². The van der Waals surface area contributed by atoms with Crippen LogP contribution < -0.4 is 0 Å². The van der Waals surface area contributed by atoms with Crippen LogP contribution in [0.15, 0.2) is 0 Å². The van der Waals surface area contributed by atoms with Crippen LogP contribution in [0.5, 0.6) is 0 Å². The number of ether oxygens (including phenoxy) is 2. The number of hydrogen-bond donors (Lipinski definition) is 0. The van der Waals surface area contributed by atoms with E-state index in [1.165, 1.54) is 25.7 Å². The molecule has 0 aromatic rings. The molecule has 1 aliphatic heterocycles. The maximum Gasteiger partial charge on any atom is 0.411 e. The Labute approximate surface area is 158 Å². The van der Waals surface area contributed by atoms with Crippen molar-refractivity contribution in [3.63, 3.8) is 0 Å². The molecule has 1 aliphatic carbocycles. The minimum atomic E-state index is -0.555. The summed E-state index contributed by atoms with van der Waals surface area (Å²) >= 11 is 0. The van der Waals surface area contributed by atoms with E-state index in [0.717, 1.165) is 38.5 Å². The molecule has 2 fully saturated rings. The highest BCUT2D eigenvalue weighted by atomic mass is 16.6. The highest BCUT2D eigenvalue weighted by Crippen LogP contribution is 2.42. The van der Waals surface area contributed by atoms with Gasteiger partial charge in [-0.2, -0.15) is 0 Å². The quantitative estimate of drug-likeness (QED) is 0.444. The van der Waals surface area contributed by atoms with Crippen LogP contribution >= 0.6 is 0 Å². The Hall–Kier alpha value is -1.26.